The second-order valence-corrected chi connectivity index (χ2v) is 8.38. The molecule has 2 aromatic rings. The summed E-state index contributed by atoms with van der Waals surface area (Å²) in [5.41, 5.74) is 2.36. The molecule has 1 aliphatic carbocycles. The average molecular weight is 429 g/mol. The van der Waals surface area contributed by atoms with Crippen LogP contribution in [0.25, 0.3) is 0 Å². The van der Waals surface area contributed by atoms with Crippen molar-refractivity contribution in [2.24, 2.45) is 0 Å². The maximum atomic E-state index is 12.5. The molecule has 3 rings (SSSR count). The number of aromatic nitrogens is 2. The first-order valence-electron chi connectivity index (χ1n) is 9.67. The second kappa shape index (κ2) is 9.93. The molecule has 1 heterocycles. The molecule has 0 bridgehead atoms. The molecule has 1 N–H and O–H groups in total. The Hall–Kier alpha value is -2.32. The zero-order valence-corrected chi connectivity index (χ0v) is 18.2. The first kappa shape index (κ1) is 21.4. The number of thiocarbonyl (C=S) groups is 1. The normalized spacial score (nSPS) is 15.5. The van der Waals surface area contributed by atoms with Crippen LogP contribution in [0.3, 0.4) is 0 Å². The van der Waals surface area contributed by atoms with Gasteiger partial charge < -0.3 is 4.90 Å². The molecule has 0 radical (unpaired) electrons. The number of hydrogen-bond acceptors (Lipinski definition) is 6. The number of benzene rings is 1. The largest absolute Gasteiger partial charge is 0.358 e. The maximum Gasteiger partial charge on any atom is 0.237 e. The highest BCUT2D eigenvalue weighted by atomic mass is 32.2. The van der Waals surface area contributed by atoms with Crippen molar-refractivity contribution < 1.29 is 9.59 Å². The van der Waals surface area contributed by atoms with Crippen molar-refractivity contribution >= 4 is 45.9 Å². The van der Waals surface area contributed by atoms with E-state index in [1.54, 1.807) is 0 Å². The smallest absolute Gasteiger partial charge is 0.237 e. The van der Waals surface area contributed by atoms with Crippen LogP contribution in [0.15, 0.2) is 36.5 Å². The van der Waals surface area contributed by atoms with Crippen molar-refractivity contribution in [2.45, 2.75) is 32.6 Å². The summed E-state index contributed by atoms with van der Waals surface area (Å²) in [6.07, 6.45) is 2.62. The summed E-state index contributed by atoms with van der Waals surface area (Å²) >= 11 is 6.67. The molecule has 1 aromatic heterocycles. The number of nitrogens with one attached hydrogen (secondary N) is 1. The number of nitrogens with zero attached hydrogens (tertiary/aromatic N) is 3. The van der Waals surface area contributed by atoms with Crippen LogP contribution in [-0.2, 0) is 11.2 Å². The van der Waals surface area contributed by atoms with E-state index in [1.807, 2.05) is 49.1 Å². The molecule has 0 unspecified atom stereocenters. The van der Waals surface area contributed by atoms with Crippen LogP contribution in [0.1, 0.15) is 47.8 Å². The van der Waals surface area contributed by atoms with Gasteiger partial charge in [-0.05, 0) is 31.7 Å². The predicted octanol–water partition coefficient (Wildman–Crippen LogP) is 3.69. The van der Waals surface area contributed by atoms with E-state index >= 15 is 0 Å². The number of hydrogen-bond donors (Lipinski definition) is 1. The van der Waals surface area contributed by atoms with Gasteiger partial charge in [-0.25, -0.2) is 9.97 Å². The van der Waals surface area contributed by atoms with E-state index in [0.29, 0.717) is 28.4 Å². The van der Waals surface area contributed by atoms with E-state index < -0.39 is 0 Å². The van der Waals surface area contributed by atoms with Crippen LogP contribution >= 0.6 is 24.0 Å². The molecule has 152 valence electrons. The Balaban J connectivity index is 1.65. The summed E-state index contributed by atoms with van der Waals surface area (Å²) in [5.74, 6) is 0.340. The fraction of sp³-hybridized carbons (Fsp3) is 0.381. The van der Waals surface area contributed by atoms with Gasteiger partial charge in [0.1, 0.15) is 4.32 Å². The summed E-state index contributed by atoms with van der Waals surface area (Å²) in [6.45, 7) is 5.69. The van der Waals surface area contributed by atoms with Gasteiger partial charge in [0.05, 0.1) is 17.0 Å². The highest BCUT2D eigenvalue weighted by molar-refractivity contribution is 8.23. The summed E-state index contributed by atoms with van der Waals surface area (Å²) in [6, 6.07) is 9.97. The van der Waals surface area contributed by atoms with Crippen molar-refractivity contribution in [3.63, 3.8) is 0 Å². The lowest BCUT2D eigenvalue weighted by molar-refractivity contribution is -0.113. The topological polar surface area (TPSA) is 75.2 Å². The number of anilines is 1. The van der Waals surface area contributed by atoms with Crippen molar-refractivity contribution in [3.05, 3.63) is 53.3 Å². The number of carbonyl (C=O) groups is 2. The third-order valence-corrected chi connectivity index (χ3v) is 6.43. The average Bonchev–Trinajstić information content (AvgIpc) is 2.73. The van der Waals surface area contributed by atoms with Gasteiger partial charge in [0.25, 0.3) is 0 Å². The lowest BCUT2D eigenvalue weighted by atomic mass is 9.82. The number of fused-ring (bicyclic) bond motifs is 1. The minimum Gasteiger partial charge on any atom is -0.358 e. The second-order valence-electron chi connectivity index (χ2n) is 6.77. The molecule has 0 aliphatic heterocycles. The van der Waals surface area contributed by atoms with Crippen LogP contribution in [0.4, 0.5) is 5.95 Å². The van der Waals surface area contributed by atoms with Crippen LogP contribution in [0, 0.1) is 0 Å². The fourth-order valence-corrected chi connectivity index (χ4v) is 4.53. The zero-order chi connectivity index (χ0) is 20.8. The quantitative estimate of drug-likeness (QED) is 0.703. The summed E-state index contributed by atoms with van der Waals surface area (Å²) in [7, 11) is 0. The van der Waals surface area contributed by atoms with Gasteiger partial charge in [-0.3, -0.25) is 14.9 Å². The van der Waals surface area contributed by atoms with Crippen molar-refractivity contribution in [1.82, 2.24) is 14.9 Å². The van der Waals surface area contributed by atoms with Gasteiger partial charge in [0.15, 0.2) is 5.78 Å². The van der Waals surface area contributed by atoms with Crippen LogP contribution < -0.4 is 5.32 Å². The molecule has 29 heavy (non-hydrogen) atoms. The van der Waals surface area contributed by atoms with E-state index in [4.69, 9.17) is 12.2 Å². The Morgan fingerprint density at radius 1 is 1.24 bits per heavy atom. The van der Waals surface area contributed by atoms with Crippen LogP contribution in [-0.4, -0.2) is 49.7 Å². The standard InChI is InChI=1S/C21H24N4O2S2/c1-3-25(4-2)21(28)29-13-19(27)24-20-22-12-16-17(23-20)10-15(11-18(16)26)14-8-6-5-7-9-14/h5-9,12,15H,3-4,10-11,13H2,1-2H3,(H,22,23,24,27)/t15-/m0/s1. The first-order valence-corrected chi connectivity index (χ1v) is 11.1. The molecule has 0 saturated carbocycles. The van der Waals surface area contributed by atoms with E-state index in [9.17, 15) is 9.59 Å². The summed E-state index contributed by atoms with van der Waals surface area (Å²) < 4.78 is 0.702. The Bertz CT molecular complexity index is 901. The predicted molar refractivity (Wildman–Crippen MR) is 120 cm³/mol. The number of ketones is 1. The number of Topliss-reactive ketones (excluding diaryl/α,β-unsaturated/α-hetero) is 1. The molecular weight excluding hydrogens is 404 g/mol. The minimum absolute atomic E-state index is 0.0399. The third kappa shape index (κ3) is 5.39. The number of rotatable bonds is 6. The zero-order valence-electron chi connectivity index (χ0n) is 16.6. The minimum atomic E-state index is -0.216. The molecule has 1 aliphatic rings. The van der Waals surface area contributed by atoms with Gasteiger partial charge in [-0.2, -0.15) is 0 Å². The highest BCUT2D eigenvalue weighted by Gasteiger charge is 2.28. The van der Waals surface area contributed by atoms with Gasteiger partial charge in [-0.15, -0.1) is 0 Å². The van der Waals surface area contributed by atoms with Gasteiger partial charge >= 0.3 is 0 Å². The molecule has 1 atom stereocenters. The van der Waals surface area contributed by atoms with Crippen molar-refractivity contribution in [1.29, 1.82) is 0 Å². The molecule has 8 heteroatoms. The third-order valence-electron chi connectivity index (χ3n) is 4.91. The first-order chi connectivity index (χ1) is 14.0. The molecule has 1 amide bonds. The van der Waals surface area contributed by atoms with Gasteiger partial charge in [0.2, 0.25) is 11.9 Å². The number of thioether (sulfide) groups is 1. The van der Waals surface area contributed by atoms with Crippen LogP contribution in [0.2, 0.25) is 0 Å². The maximum absolute atomic E-state index is 12.5. The van der Waals surface area contributed by atoms with E-state index in [-0.39, 0.29) is 29.3 Å². The monoisotopic (exact) mass is 428 g/mol. The van der Waals surface area contributed by atoms with E-state index in [1.165, 1.54) is 18.0 Å². The lowest BCUT2D eigenvalue weighted by Gasteiger charge is -2.23. The molecule has 0 spiro atoms. The van der Waals surface area contributed by atoms with E-state index in [2.05, 4.69) is 15.3 Å². The Morgan fingerprint density at radius 2 is 1.97 bits per heavy atom. The van der Waals surface area contributed by atoms with Crippen molar-refractivity contribution in [3.8, 4) is 0 Å². The molecule has 6 nitrogen and oxygen atoms in total. The lowest BCUT2D eigenvalue weighted by Crippen LogP contribution is -2.28. The Labute approximate surface area is 180 Å². The summed E-state index contributed by atoms with van der Waals surface area (Å²) in [4.78, 5) is 35.4. The Kier molecular flexibility index (Phi) is 7.33. The number of carbonyl (C=O) groups excluding carboxylic acids is 2. The van der Waals surface area contributed by atoms with Gasteiger partial charge in [0, 0.05) is 25.7 Å². The Morgan fingerprint density at radius 3 is 2.66 bits per heavy atom. The van der Waals surface area contributed by atoms with Crippen LogP contribution in [0.5, 0.6) is 0 Å². The molecule has 1 aromatic carbocycles. The number of amides is 1. The molecular formula is C21H24N4O2S2. The SMILES string of the molecule is CCN(CC)C(=S)SCC(=O)Nc1ncc2c(n1)C[C@H](c1ccccc1)CC2=O. The van der Waals surface area contributed by atoms with Gasteiger partial charge in [-0.1, -0.05) is 54.3 Å². The summed E-state index contributed by atoms with van der Waals surface area (Å²) in [5, 5.41) is 2.72. The van der Waals surface area contributed by atoms with E-state index in [0.717, 1.165) is 18.7 Å². The van der Waals surface area contributed by atoms with Crippen molar-refractivity contribution in [2.75, 3.05) is 24.2 Å². The molecule has 0 fully saturated rings. The fourth-order valence-electron chi connectivity index (χ4n) is 3.33. The highest BCUT2D eigenvalue weighted by Crippen LogP contribution is 2.31. The molecule has 0 saturated heterocycles.